The Morgan fingerprint density at radius 1 is 1.33 bits per heavy atom. The van der Waals surface area contributed by atoms with Gasteiger partial charge in [0.25, 0.3) is 0 Å². The number of fused-ring (bicyclic) bond motifs is 1. The van der Waals surface area contributed by atoms with E-state index in [2.05, 4.69) is 17.5 Å². The first-order chi connectivity index (χ1) is 8.75. The fraction of sp³-hybridized carbons (Fsp3) is 0.400. The lowest BCUT2D eigenvalue weighted by Crippen LogP contribution is -2.45. The summed E-state index contributed by atoms with van der Waals surface area (Å²) in [6.07, 6.45) is 3.64. The predicted octanol–water partition coefficient (Wildman–Crippen LogP) is 3.14. The highest BCUT2D eigenvalue weighted by Crippen LogP contribution is 2.42. The third kappa shape index (κ3) is 1.78. The molecule has 0 spiro atoms. The largest absolute Gasteiger partial charge is 0.329 e. The van der Waals surface area contributed by atoms with Crippen molar-refractivity contribution in [2.24, 2.45) is 11.1 Å². The van der Waals surface area contributed by atoms with Crippen LogP contribution in [0.4, 0.5) is 0 Å². The molecular formula is C15H17NOS. The molecule has 1 saturated carbocycles. The van der Waals surface area contributed by atoms with Crippen LogP contribution in [-0.2, 0) is 11.2 Å². The maximum absolute atomic E-state index is 12.4. The molecule has 1 heterocycles. The molecule has 0 saturated heterocycles. The molecule has 1 aromatic heterocycles. The van der Waals surface area contributed by atoms with Crippen molar-refractivity contribution in [2.75, 3.05) is 6.54 Å². The second kappa shape index (κ2) is 4.48. The molecule has 3 rings (SSSR count). The quantitative estimate of drug-likeness (QED) is 0.916. The molecule has 0 radical (unpaired) electrons. The molecular weight excluding hydrogens is 242 g/mol. The van der Waals surface area contributed by atoms with Crippen LogP contribution in [0.25, 0.3) is 10.1 Å². The molecule has 2 nitrogen and oxygen atoms in total. The van der Waals surface area contributed by atoms with Crippen molar-refractivity contribution in [2.45, 2.75) is 25.7 Å². The highest BCUT2D eigenvalue weighted by molar-refractivity contribution is 7.17. The van der Waals surface area contributed by atoms with Gasteiger partial charge in [0.1, 0.15) is 5.78 Å². The molecule has 0 aliphatic heterocycles. The van der Waals surface area contributed by atoms with Gasteiger partial charge in [-0.2, -0.15) is 0 Å². The van der Waals surface area contributed by atoms with Crippen LogP contribution in [0.15, 0.2) is 29.6 Å². The van der Waals surface area contributed by atoms with Crippen molar-refractivity contribution in [1.29, 1.82) is 0 Å². The molecule has 1 fully saturated rings. The van der Waals surface area contributed by atoms with Crippen molar-refractivity contribution in [3.8, 4) is 0 Å². The summed E-state index contributed by atoms with van der Waals surface area (Å²) in [6.45, 7) is 0.508. The van der Waals surface area contributed by atoms with Crippen LogP contribution in [-0.4, -0.2) is 12.3 Å². The van der Waals surface area contributed by atoms with E-state index in [0.29, 0.717) is 18.7 Å². The summed E-state index contributed by atoms with van der Waals surface area (Å²) in [5.74, 6) is 0.333. The van der Waals surface area contributed by atoms with Crippen molar-refractivity contribution in [1.82, 2.24) is 0 Å². The SMILES string of the molecule is NCC1(C(=O)Cc2csc3ccccc23)CCC1. The molecule has 2 aromatic rings. The van der Waals surface area contributed by atoms with E-state index < -0.39 is 0 Å². The Morgan fingerprint density at radius 3 is 2.78 bits per heavy atom. The molecule has 0 atom stereocenters. The minimum absolute atomic E-state index is 0.205. The van der Waals surface area contributed by atoms with Gasteiger partial charge in [-0.05, 0) is 35.2 Å². The van der Waals surface area contributed by atoms with Gasteiger partial charge < -0.3 is 5.73 Å². The third-order valence-corrected chi connectivity index (χ3v) is 5.22. The standard InChI is InChI=1S/C15H17NOS/c16-10-15(6-3-7-15)14(17)8-11-9-18-13-5-2-1-4-12(11)13/h1-2,4-5,9H,3,6-8,10,16H2. The Hall–Kier alpha value is -1.19. The Bertz CT molecular complexity index is 577. The van der Waals surface area contributed by atoms with Gasteiger partial charge in [0.2, 0.25) is 0 Å². The molecule has 1 aliphatic carbocycles. The number of hydrogen-bond donors (Lipinski definition) is 1. The highest BCUT2D eigenvalue weighted by atomic mass is 32.1. The lowest BCUT2D eigenvalue weighted by atomic mass is 9.65. The van der Waals surface area contributed by atoms with Crippen LogP contribution in [0.5, 0.6) is 0 Å². The van der Waals surface area contributed by atoms with Gasteiger partial charge in [-0.3, -0.25) is 4.79 Å². The first-order valence-corrected chi connectivity index (χ1v) is 7.32. The summed E-state index contributed by atoms with van der Waals surface area (Å²) in [6, 6.07) is 8.28. The van der Waals surface area contributed by atoms with E-state index >= 15 is 0 Å². The monoisotopic (exact) mass is 259 g/mol. The first-order valence-electron chi connectivity index (χ1n) is 6.44. The summed E-state index contributed by atoms with van der Waals surface area (Å²) < 4.78 is 1.26. The zero-order valence-electron chi connectivity index (χ0n) is 10.3. The summed E-state index contributed by atoms with van der Waals surface area (Å²) >= 11 is 1.72. The summed E-state index contributed by atoms with van der Waals surface area (Å²) in [5, 5.41) is 3.34. The maximum Gasteiger partial charge on any atom is 0.144 e. The predicted molar refractivity (Wildman–Crippen MR) is 75.9 cm³/mol. The topological polar surface area (TPSA) is 43.1 Å². The lowest BCUT2D eigenvalue weighted by molar-refractivity contribution is -0.132. The molecule has 18 heavy (non-hydrogen) atoms. The van der Waals surface area contributed by atoms with E-state index in [1.807, 2.05) is 12.1 Å². The number of nitrogens with two attached hydrogens (primary N) is 1. The molecule has 0 bridgehead atoms. The fourth-order valence-electron chi connectivity index (χ4n) is 2.73. The number of benzene rings is 1. The van der Waals surface area contributed by atoms with E-state index in [4.69, 9.17) is 5.73 Å². The molecule has 1 aliphatic rings. The van der Waals surface area contributed by atoms with Crippen molar-refractivity contribution in [3.05, 3.63) is 35.2 Å². The van der Waals surface area contributed by atoms with Crippen molar-refractivity contribution in [3.63, 3.8) is 0 Å². The van der Waals surface area contributed by atoms with Gasteiger partial charge in [0.05, 0.1) is 0 Å². The van der Waals surface area contributed by atoms with Gasteiger partial charge in [0.15, 0.2) is 0 Å². The van der Waals surface area contributed by atoms with Crippen molar-refractivity contribution < 1.29 is 4.79 Å². The third-order valence-electron chi connectivity index (χ3n) is 4.21. The van der Waals surface area contributed by atoms with E-state index in [9.17, 15) is 4.79 Å². The maximum atomic E-state index is 12.4. The van der Waals surface area contributed by atoms with Crippen LogP contribution in [0.3, 0.4) is 0 Å². The number of ketones is 1. The molecule has 2 N–H and O–H groups in total. The van der Waals surface area contributed by atoms with Gasteiger partial charge in [-0.15, -0.1) is 11.3 Å². The van der Waals surface area contributed by atoms with Gasteiger partial charge >= 0.3 is 0 Å². The molecule has 1 aromatic carbocycles. The Balaban J connectivity index is 1.86. The zero-order chi connectivity index (χ0) is 12.6. The number of hydrogen-bond acceptors (Lipinski definition) is 3. The van der Waals surface area contributed by atoms with Crippen LogP contribution in [0.2, 0.25) is 0 Å². The molecule has 0 unspecified atom stereocenters. The van der Waals surface area contributed by atoms with Crippen molar-refractivity contribution >= 4 is 27.2 Å². The van der Waals surface area contributed by atoms with Gasteiger partial charge in [-0.1, -0.05) is 24.6 Å². The minimum atomic E-state index is -0.205. The second-order valence-electron chi connectivity index (χ2n) is 5.20. The minimum Gasteiger partial charge on any atom is -0.329 e. The first kappa shape index (κ1) is 11.9. The zero-order valence-corrected chi connectivity index (χ0v) is 11.1. The average Bonchev–Trinajstić information content (AvgIpc) is 2.72. The average molecular weight is 259 g/mol. The van der Waals surface area contributed by atoms with Crippen LogP contribution in [0.1, 0.15) is 24.8 Å². The second-order valence-corrected chi connectivity index (χ2v) is 6.11. The number of Topliss-reactive ketones (excluding diaryl/α,β-unsaturated/α-hetero) is 1. The summed E-state index contributed by atoms with van der Waals surface area (Å²) in [7, 11) is 0. The van der Waals surface area contributed by atoms with Gasteiger partial charge in [-0.25, -0.2) is 0 Å². The smallest absolute Gasteiger partial charge is 0.144 e. The lowest BCUT2D eigenvalue weighted by Gasteiger charge is -2.39. The summed E-state index contributed by atoms with van der Waals surface area (Å²) in [4.78, 5) is 12.4. The number of carbonyl (C=O) groups excluding carboxylic acids is 1. The van der Waals surface area contributed by atoms with Gasteiger partial charge in [0, 0.05) is 23.1 Å². The number of thiophene rings is 1. The van der Waals surface area contributed by atoms with E-state index in [0.717, 1.165) is 19.3 Å². The number of carbonyl (C=O) groups is 1. The summed E-state index contributed by atoms with van der Waals surface area (Å²) in [5.41, 5.74) is 6.75. The fourth-order valence-corrected chi connectivity index (χ4v) is 3.69. The molecule has 94 valence electrons. The van der Waals surface area contributed by atoms with Crippen LogP contribution < -0.4 is 5.73 Å². The van der Waals surface area contributed by atoms with Crippen LogP contribution in [0, 0.1) is 5.41 Å². The van der Waals surface area contributed by atoms with Crippen LogP contribution >= 0.6 is 11.3 Å². The highest BCUT2D eigenvalue weighted by Gasteiger charge is 2.42. The van der Waals surface area contributed by atoms with E-state index in [-0.39, 0.29) is 5.41 Å². The molecule has 3 heteroatoms. The normalized spacial score (nSPS) is 17.6. The van der Waals surface area contributed by atoms with E-state index in [1.54, 1.807) is 11.3 Å². The Kier molecular flexibility index (Phi) is 2.96. The molecule has 0 amide bonds. The Morgan fingerprint density at radius 2 is 2.11 bits per heavy atom. The number of rotatable bonds is 4. The van der Waals surface area contributed by atoms with E-state index in [1.165, 1.54) is 15.6 Å². The Labute approximate surface area is 111 Å².